The molecule has 0 atom stereocenters. The van der Waals surface area contributed by atoms with Crippen molar-refractivity contribution in [3.8, 4) is 0 Å². The van der Waals surface area contributed by atoms with Gasteiger partial charge in [0.15, 0.2) is 0 Å². The molecule has 0 heterocycles. The molecule has 0 aliphatic rings. The molecule has 0 saturated carbocycles. The van der Waals surface area contributed by atoms with Crippen LogP contribution >= 0.6 is 15.9 Å². The summed E-state index contributed by atoms with van der Waals surface area (Å²) in [5.74, 6) is -1.56. The SMILES string of the molecule is Cc1c(Br)ccc(C=CC(=O)OCc2ccccc2)c1C(=O)O. The topological polar surface area (TPSA) is 63.6 Å². The van der Waals surface area contributed by atoms with E-state index in [-0.39, 0.29) is 12.2 Å². The van der Waals surface area contributed by atoms with Crippen molar-refractivity contribution in [3.63, 3.8) is 0 Å². The lowest BCUT2D eigenvalue weighted by atomic mass is 10.0. The van der Waals surface area contributed by atoms with E-state index >= 15 is 0 Å². The number of carbonyl (C=O) groups is 2. The maximum atomic E-state index is 11.8. The van der Waals surface area contributed by atoms with Crippen molar-refractivity contribution in [1.82, 2.24) is 0 Å². The summed E-state index contributed by atoms with van der Waals surface area (Å²) in [6.45, 7) is 1.88. The van der Waals surface area contributed by atoms with E-state index in [0.29, 0.717) is 15.6 Å². The van der Waals surface area contributed by atoms with Gasteiger partial charge in [-0.3, -0.25) is 0 Å². The second-order valence-corrected chi connectivity index (χ2v) is 5.72. The number of benzene rings is 2. The number of rotatable bonds is 5. The van der Waals surface area contributed by atoms with Gasteiger partial charge in [0.25, 0.3) is 0 Å². The largest absolute Gasteiger partial charge is 0.478 e. The highest BCUT2D eigenvalue weighted by Crippen LogP contribution is 2.24. The molecule has 5 heteroatoms. The molecule has 0 fully saturated rings. The molecule has 0 spiro atoms. The minimum Gasteiger partial charge on any atom is -0.478 e. The first-order valence-corrected chi connectivity index (χ1v) is 7.69. The molecule has 2 aromatic carbocycles. The van der Waals surface area contributed by atoms with Crippen LogP contribution in [-0.4, -0.2) is 17.0 Å². The Morgan fingerprint density at radius 3 is 2.52 bits per heavy atom. The predicted octanol–water partition coefficient (Wildman–Crippen LogP) is 4.21. The number of aromatic carboxylic acids is 1. The zero-order valence-electron chi connectivity index (χ0n) is 12.5. The van der Waals surface area contributed by atoms with Crippen LogP contribution in [0.5, 0.6) is 0 Å². The summed E-state index contributed by atoms with van der Waals surface area (Å²) in [6.07, 6.45) is 2.69. The molecule has 118 valence electrons. The molecule has 23 heavy (non-hydrogen) atoms. The molecule has 4 nitrogen and oxygen atoms in total. The molecule has 0 radical (unpaired) electrons. The van der Waals surface area contributed by atoms with Crippen molar-refractivity contribution >= 4 is 33.9 Å². The number of hydrogen-bond acceptors (Lipinski definition) is 3. The summed E-state index contributed by atoms with van der Waals surface area (Å²) >= 11 is 3.30. The lowest BCUT2D eigenvalue weighted by Crippen LogP contribution is -2.04. The fraction of sp³-hybridized carbons (Fsp3) is 0.111. The maximum absolute atomic E-state index is 11.8. The first-order valence-electron chi connectivity index (χ1n) is 6.90. The van der Waals surface area contributed by atoms with Crippen LogP contribution in [0.15, 0.2) is 53.0 Å². The number of halogens is 1. The van der Waals surface area contributed by atoms with Crippen LogP contribution in [-0.2, 0) is 16.1 Å². The second-order valence-electron chi connectivity index (χ2n) is 4.87. The molecular formula is C18H15BrO4. The van der Waals surface area contributed by atoms with E-state index in [0.717, 1.165) is 5.56 Å². The molecule has 0 aliphatic carbocycles. The average Bonchev–Trinajstić information content (AvgIpc) is 2.54. The third-order valence-corrected chi connectivity index (χ3v) is 4.13. The third-order valence-electron chi connectivity index (χ3n) is 3.27. The smallest absolute Gasteiger partial charge is 0.336 e. The highest BCUT2D eigenvalue weighted by Gasteiger charge is 2.14. The van der Waals surface area contributed by atoms with E-state index in [1.165, 1.54) is 12.2 Å². The molecule has 2 aromatic rings. The number of carboxylic acid groups (broad SMARTS) is 1. The number of carboxylic acids is 1. The van der Waals surface area contributed by atoms with Crippen LogP contribution in [0.1, 0.15) is 27.0 Å². The number of carbonyl (C=O) groups excluding carboxylic acids is 1. The molecular weight excluding hydrogens is 360 g/mol. The molecule has 0 bridgehead atoms. The van der Waals surface area contributed by atoms with Crippen molar-refractivity contribution in [2.75, 3.05) is 0 Å². The summed E-state index contributed by atoms with van der Waals surface area (Å²) in [6, 6.07) is 12.7. The summed E-state index contributed by atoms with van der Waals surface area (Å²) in [5.41, 5.74) is 2.11. The van der Waals surface area contributed by atoms with Gasteiger partial charge >= 0.3 is 11.9 Å². The summed E-state index contributed by atoms with van der Waals surface area (Å²) in [7, 11) is 0. The zero-order valence-corrected chi connectivity index (χ0v) is 14.0. The number of esters is 1. The van der Waals surface area contributed by atoms with Gasteiger partial charge in [0.1, 0.15) is 6.61 Å². The monoisotopic (exact) mass is 374 g/mol. The molecule has 1 N–H and O–H groups in total. The van der Waals surface area contributed by atoms with E-state index in [4.69, 9.17) is 4.74 Å². The third kappa shape index (κ3) is 4.53. The zero-order chi connectivity index (χ0) is 16.8. The van der Waals surface area contributed by atoms with Crippen LogP contribution in [0.3, 0.4) is 0 Å². The van der Waals surface area contributed by atoms with Gasteiger partial charge in [0.05, 0.1) is 5.56 Å². The van der Waals surface area contributed by atoms with Gasteiger partial charge < -0.3 is 9.84 Å². The Morgan fingerprint density at radius 2 is 1.87 bits per heavy atom. The highest BCUT2D eigenvalue weighted by atomic mass is 79.9. The fourth-order valence-corrected chi connectivity index (χ4v) is 2.40. The Bertz CT molecular complexity index is 751. The van der Waals surface area contributed by atoms with Crippen molar-refractivity contribution < 1.29 is 19.4 Å². The lowest BCUT2D eigenvalue weighted by Gasteiger charge is -2.07. The van der Waals surface area contributed by atoms with Gasteiger partial charge in [-0.25, -0.2) is 9.59 Å². The van der Waals surface area contributed by atoms with Crippen molar-refractivity contribution in [3.05, 3.63) is 75.3 Å². The lowest BCUT2D eigenvalue weighted by molar-refractivity contribution is -0.138. The van der Waals surface area contributed by atoms with Gasteiger partial charge in [0.2, 0.25) is 0 Å². The van der Waals surface area contributed by atoms with Crippen molar-refractivity contribution in [1.29, 1.82) is 0 Å². The molecule has 0 aromatic heterocycles. The van der Waals surface area contributed by atoms with E-state index in [2.05, 4.69) is 15.9 Å². The molecule has 0 saturated heterocycles. The van der Waals surface area contributed by atoms with E-state index in [1.54, 1.807) is 19.1 Å². The number of ether oxygens (including phenoxy) is 1. The summed E-state index contributed by atoms with van der Waals surface area (Å²) in [4.78, 5) is 23.1. The Morgan fingerprint density at radius 1 is 1.17 bits per heavy atom. The summed E-state index contributed by atoms with van der Waals surface area (Å²) < 4.78 is 5.83. The first-order chi connectivity index (χ1) is 11.0. The van der Waals surface area contributed by atoms with Crippen LogP contribution in [0.4, 0.5) is 0 Å². The minimum atomic E-state index is -1.04. The Hall–Kier alpha value is -2.40. The molecule has 0 amide bonds. The van der Waals surface area contributed by atoms with Crippen molar-refractivity contribution in [2.45, 2.75) is 13.5 Å². The van der Waals surface area contributed by atoms with Crippen LogP contribution in [0.25, 0.3) is 6.08 Å². The van der Waals surface area contributed by atoms with E-state index in [9.17, 15) is 14.7 Å². The highest BCUT2D eigenvalue weighted by molar-refractivity contribution is 9.10. The van der Waals surface area contributed by atoms with E-state index in [1.807, 2.05) is 30.3 Å². The van der Waals surface area contributed by atoms with Gasteiger partial charge in [-0.05, 0) is 35.8 Å². The van der Waals surface area contributed by atoms with E-state index < -0.39 is 11.9 Å². The standard InChI is InChI=1S/C18H15BrO4/c1-12-15(19)9-7-14(17(12)18(21)22)8-10-16(20)23-11-13-5-3-2-4-6-13/h2-10H,11H2,1H3,(H,21,22). The maximum Gasteiger partial charge on any atom is 0.336 e. The Labute approximate surface area is 142 Å². The second kappa shape index (κ2) is 7.74. The van der Waals surface area contributed by atoms with Gasteiger partial charge in [-0.15, -0.1) is 0 Å². The first kappa shape index (κ1) is 17.0. The fourth-order valence-electron chi connectivity index (χ4n) is 2.06. The number of hydrogen-bond donors (Lipinski definition) is 1. The average molecular weight is 375 g/mol. The van der Waals surface area contributed by atoms with Gasteiger partial charge in [0, 0.05) is 10.5 Å². The molecule has 0 aliphatic heterocycles. The minimum absolute atomic E-state index is 0.159. The van der Waals surface area contributed by atoms with Crippen LogP contribution in [0.2, 0.25) is 0 Å². The molecule has 0 unspecified atom stereocenters. The van der Waals surface area contributed by atoms with Gasteiger partial charge in [-0.1, -0.05) is 52.3 Å². The van der Waals surface area contributed by atoms with Crippen molar-refractivity contribution in [2.24, 2.45) is 0 Å². The van der Waals surface area contributed by atoms with Crippen LogP contribution in [0, 0.1) is 6.92 Å². The quantitative estimate of drug-likeness (QED) is 0.628. The Kier molecular flexibility index (Phi) is 5.71. The van der Waals surface area contributed by atoms with Gasteiger partial charge in [-0.2, -0.15) is 0 Å². The molecule has 2 rings (SSSR count). The summed E-state index contributed by atoms with van der Waals surface area (Å²) in [5, 5.41) is 9.32. The Balaban J connectivity index is 2.09. The normalized spacial score (nSPS) is 10.7. The van der Waals surface area contributed by atoms with Crippen LogP contribution < -0.4 is 0 Å². The predicted molar refractivity (Wildman–Crippen MR) is 91.1 cm³/mol.